The highest BCUT2D eigenvalue weighted by Crippen LogP contribution is 2.21. The third-order valence-corrected chi connectivity index (χ3v) is 21.4. The number of amides is 20. The van der Waals surface area contributed by atoms with Gasteiger partial charge in [0.1, 0.15) is 90.6 Å². The molecule has 768 valence electrons. The van der Waals surface area contributed by atoms with E-state index in [1.54, 1.807) is 74.7 Å². The zero-order chi connectivity index (χ0) is 104. The molecular formula is C83H126N26O28S2. The summed E-state index contributed by atoms with van der Waals surface area (Å²) in [6.45, 7) is 1.81. The Morgan fingerprint density at radius 3 is 1.29 bits per heavy atom. The number of hydrogen-bond donors (Lipinski definition) is 32. The van der Waals surface area contributed by atoms with Gasteiger partial charge in [0.25, 0.3) is 0 Å². The number of H-pyrrole nitrogens is 1. The number of aromatic nitrogens is 1. The van der Waals surface area contributed by atoms with Crippen molar-refractivity contribution in [2.45, 2.75) is 221 Å². The molecule has 0 fully saturated rings. The molecule has 37 N–H and O–H groups in total. The lowest BCUT2D eigenvalue weighted by Gasteiger charge is -2.28. The van der Waals surface area contributed by atoms with Crippen LogP contribution >= 0.6 is 24.4 Å². The van der Waals surface area contributed by atoms with E-state index in [0.29, 0.717) is 22.0 Å². The Labute approximate surface area is 805 Å². The van der Waals surface area contributed by atoms with E-state index in [2.05, 4.69) is 103 Å². The number of nitrogens with two attached hydrogens (primary N) is 6. The van der Waals surface area contributed by atoms with Crippen molar-refractivity contribution in [3.05, 3.63) is 71.9 Å². The van der Waals surface area contributed by atoms with Crippen LogP contribution in [0.15, 0.2) is 60.8 Å². The molecule has 0 aliphatic carbocycles. The number of thioether (sulfide) groups is 1. The second kappa shape index (κ2) is 61.6. The number of carboxylic acid groups (broad SMARTS) is 3. The standard InChI is InChI=1S/C83H126N26O28S2/c1-39(2)26-51(76(130)95-41(4)68(122)103-56(32-66(119)120)80(134)109-59(38-138)71(125)94-34-63(115)97-52(27-42-14-7-6-8-15-42)70(124)93-35-64(116)98-58(37-111)82(136)137)104-73(127)47(18-11-12-23-84)100-75(129)50(22-25-139-5)102-72(126)48(19-13-24-91-83(89)90)101-78(132)54(30-61(87)113)106-74(128)49(20-21-60(86)112)99-67(121)40(3)96-77(131)53(28-43-33-92-46-17-10-9-16-44(43)46)105-79(133)55(31-62(88)114)107-81(135)57(36-110)108-69(123)45(85)29-65(117)118/h6-10,14-17,33,39-41,45,47-59,92,110-111,138H,11-13,18-32,34-38,84-85H2,1-5H3,(H2,86,112)(H2,87,113)(H2,88,114)(H,93,124)(H,94,125)(H,95,130)(H,96,131)(H,97,115)(H,98,116)(H,99,121)(H,100,129)(H,101,132)(H,102,126)(H,103,122)(H,104,127)(H,105,133)(H,106,128)(H,107,135)(H,108,123)(H,109,134)(H,117,118)(H,119,120)(H,136,137)(H4,89,90,91)/t40-,41-,45-,47-,48-,49-,50-,51-,52-,53-,54-,55-,56-,57-,58-,59-/m0/s1. The van der Waals surface area contributed by atoms with Crippen molar-refractivity contribution in [3.63, 3.8) is 0 Å². The SMILES string of the molecule is CSCC[C@H](NC(=O)[C@H](CCCNC(=N)N)NC(=O)[C@H](CC(N)=O)NC(=O)[C@H](CCC(N)=O)NC(=O)[C@H](C)NC(=O)[C@H](Cc1c[nH]c2ccccc12)NC(=O)[C@H](CC(N)=O)NC(=O)[C@H](CO)NC(=O)[C@@H](N)CC(=O)O)C(=O)N[C@@H](CCCCN)C(=O)N[C@@H](CC(C)C)C(=O)N[C@@H](C)C(=O)N[C@@H](CC(=O)O)C(=O)N[C@@H](CS)C(=O)NCC(=O)N[C@@H](Cc1ccccc1)C(=O)NCC(=O)N[C@@H](CO)C(=O)O. The summed E-state index contributed by atoms with van der Waals surface area (Å²) in [6, 6.07) is -12.8. The van der Waals surface area contributed by atoms with Crippen LogP contribution in [0.3, 0.4) is 0 Å². The molecule has 3 rings (SSSR count). The van der Waals surface area contributed by atoms with Gasteiger partial charge in [-0.15, -0.1) is 0 Å². The number of aliphatic hydroxyl groups is 2. The number of aliphatic carboxylic acids is 3. The van der Waals surface area contributed by atoms with E-state index in [4.69, 9.17) is 50.0 Å². The molecule has 20 amide bonds. The lowest BCUT2D eigenvalue weighted by atomic mass is 10.0. The number of carbonyl (C=O) groups is 23. The Bertz CT molecular complexity index is 4820. The Morgan fingerprint density at radius 2 is 0.813 bits per heavy atom. The first kappa shape index (κ1) is 119. The van der Waals surface area contributed by atoms with Crippen LogP contribution in [0.1, 0.15) is 122 Å². The second-order valence-corrected chi connectivity index (χ2v) is 33.6. The number of primary amides is 3. The highest BCUT2D eigenvalue weighted by atomic mass is 32.2. The number of rotatable bonds is 66. The van der Waals surface area contributed by atoms with Gasteiger partial charge in [-0.2, -0.15) is 24.4 Å². The summed E-state index contributed by atoms with van der Waals surface area (Å²) in [5, 5.41) is 97.6. The number of thiol groups is 1. The van der Waals surface area contributed by atoms with Crippen LogP contribution in [0.5, 0.6) is 0 Å². The van der Waals surface area contributed by atoms with Gasteiger partial charge in [-0.1, -0.05) is 62.4 Å². The molecule has 1 aromatic heterocycles. The number of carbonyl (C=O) groups excluding carboxylic acids is 20. The highest BCUT2D eigenvalue weighted by molar-refractivity contribution is 7.98. The number of para-hydroxylation sites is 1. The third-order valence-electron chi connectivity index (χ3n) is 20.4. The van der Waals surface area contributed by atoms with Gasteiger partial charge >= 0.3 is 17.9 Å². The number of carboxylic acids is 3. The number of guanidine groups is 1. The molecule has 0 spiro atoms. The first-order chi connectivity index (χ1) is 65.5. The quantitative estimate of drug-likeness (QED) is 0.0108. The second-order valence-electron chi connectivity index (χ2n) is 32.3. The third kappa shape index (κ3) is 44.5. The predicted molar refractivity (Wildman–Crippen MR) is 497 cm³/mol. The number of nitrogens with one attached hydrogen (secondary N) is 20. The molecule has 0 aliphatic heterocycles. The summed E-state index contributed by atoms with van der Waals surface area (Å²) in [4.78, 5) is 311. The van der Waals surface area contributed by atoms with Crippen molar-refractivity contribution in [2.75, 3.05) is 57.2 Å². The van der Waals surface area contributed by atoms with E-state index in [1.807, 2.05) is 10.6 Å². The minimum Gasteiger partial charge on any atom is -0.481 e. The molecule has 2 aromatic carbocycles. The first-order valence-corrected chi connectivity index (χ1v) is 45.6. The summed E-state index contributed by atoms with van der Waals surface area (Å²) < 4.78 is 0. The van der Waals surface area contributed by atoms with E-state index in [1.165, 1.54) is 18.0 Å². The van der Waals surface area contributed by atoms with Crippen molar-refractivity contribution in [1.82, 2.24) is 101 Å². The van der Waals surface area contributed by atoms with E-state index in [9.17, 15) is 126 Å². The average Bonchev–Trinajstić information content (AvgIpc) is 1.67. The molecule has 0 saturated heterocycles. The molecule has 56 heteroatoms. The lowest BCUT2D eigenvalue weighted by Crippen LogP contribution is -2.61. The van der Waals surface area contributed by atoms with Gasteiger partial charge in [-0.3, -0.25) is 111 Å². The Hall–Kier alpha value is -14.4. The molecule has 1 heterocycles. The molecule has 0 saturated carbocycles. The van der Waals surface area contributed by atoms with Crippen LogP contribution in [0.2, 0.25) is 0 Å². The molecule has 16 atom stereocenters. The molecule has 0 aliphatic rings. The molecule has 3 aromatic rings. The number of fused-ring (bicyclic) bond motifs is 1. The minimum atomic E-state index is -2.04. The number of aromatic amines is 1. The zero-order valence-corrected chi connectivity index (χ0v) is 78.5. The van der Waals surface area contributed by atoms with Gasteiger partial charge in [-0.25, -0.2) is 4.79 Å². The molecule has 0 radical (unpaired) electrons. The van der Waals surface area contributed by atoms with Gasteiger partial charge in [0, 0.05) is 48.7 Å². The summed E-state index contributed by atoms with van der Waals surface area (Å²) >= 11 is 5.32. The van der Waals surface area contributed by atoms with Crippen LogP contribution in [0.4, 0.5) is 0 Å². The van der Waals surface area contributed by atoms with Crippen molar-refractivity contribution in [2.24, 2.45) is 40.3 Å². The normalized spacial score (nSPS) is 14.4. The number of aliphatic hydroxyl groups excluding tert-OH is 2. The molecule has 139 heavy (non-hydrogen) atoms. The highest BCUT2D eigenvalue weighted by Gasteiger charge is 2.40. The maximum absolute atomic E-state index is 14.7. The monoisotopic (exact) mass is 2000 g/mol. The fraction of sp³-hybridized carbons (Fsp3) is 0.542. The Morgan fingerprint density at radius 1 is 0.410 bits per heavy atom. The van der Waals surface area contributed by atoms with Crippen LogP contribution < -0.4 is 130 Å². The van der Waals surface area contributed by atoms with Gasteiger partial charge in [0.2, 0.25) is 118 Å². The maximum Gasteiger partial charge on any atom is 0.328 e. The van der Waals surface area contributed by atoms with E-state index in [-0.39, 0.29) is 70.2 Å². The van der Waals surface area contributed by atoms with Crippen LogP contribution in [0, 0.1) is 11.3 Å². The lowest BCUT2D eigenvalue weighted by molar-refractivity contribution is -0.143. The van der Waals surface area contributed by atoms with Crippen LogP contribution in [-0.2, 0) is 123 Å². The van der Waals surface area contributed by atoms with Crippen LogP contribution in [0.25, 0.3) is 10.9 Å². The summed E-state index contributed by atoms with van der Waals surface area (Å²) in [5.41, 5.74) is 34.9. The van der Waals surface area contributed by atoms with Crippen molar-refractivity contribution >= 4 is 177 Å². The van der Waals surface area contributed by atoms with E-state index >= 15 is 0 Å². The predicted octanol–water partition coefficient (Wildman–Crippen LogP) is -12.0. The van der Waals surface area contributed by atoms with Crippen molar-refractivity contribution < 1.29 is 136 Å². The molecule has 54 nitrogen and oxygen atoms in total. The fourth-order valence-corrected chi connectivity index (χ4v) is 13.8. The molecular weight excluding hydrogens is 1870 g/mol. The zero-order valence-electron chi connectivity index (χ0n) is 76.8. The van der Waals surface area contributed by atoms with Crippen molar-refractivity contribution in [1.29, 1.82) is 5.41 Å². The Balaban J connectivity index is 1.89. The smallest absolute Gasteiger partial charge is 0.328 e. The number of hydrogen-bond acceptors (Lipinski definition) is 30. The average molecular weight is 2000 g/mol. The van der Waals surface area contributed by atoms with E-state index in [0.717, 1.165) is 13.8 Å². The first-order valence-electron chi connectivity index (χ1n) is 43.6. The summed E-state index contributed by atoms with van der Waals surface area (Å²) in [5.74, 6) is -28.6. The summed E-state index contributed by atoms with van der Waals surface area (Å²) in [6.07, 6.45) is -3.17. The van der Waals surface area contributed by atoms with E-state index < -0.39 is 322 Å². The van der Waals surface area contributed by atoms with Gasteiger partial charge in [-0.05, 0) is 107 Å². The van der Waals surface area contributed by atoms with Gasteiger partial charge in [0.05, 0.1) is 58.0 Å². The fourth-order valence-electron chi connectivity index (χ4n) is 13.1. The topological polar surface area (TPSA) is 906 Å². The molecule has 0 bridgehead atoms. The van der Waals surface area contributed by atoms with Crippen molar-refractivity contribution in [3.8, 4) is 0 Å². The van der Waals surface area contributed by atoms with Gasteiger partial charge < -0.3 is 161 Å². The number of unbranched alkanes of at least 4 members (excludes halogenated alkanes) is 1. The van der Waals surface area contributed by atoms with Crippen LogP contribution in [-0.4, -0.2) is 326 Å². The molecule has 0 unspecified atom stereocenters. The largest absolute Gasteiger partial charge is 0.481 e. The maximum atomic E-state index is 14.7. The minimum absolute atomic E-state index is 0.0851. The summed E-state index contributed by atoms with van der Waals surface area (Å²) in [7, 11) is 0. The Kier molecular flexibility index (Phi) is 52.7. The van der Waals surface area contributed by atoms with Gasteiger partial charge in [0.15, 0.2) is 5.96 Å². The number of benzene rings is 2.